The lowest BCUT2D eigenvalue weighted by molar-refractivity contribution is -0.134. The number of benzene rings is 2. The van der Waals surface area contributed by atoms with Gasteiger partial charge in [0, 0.05) is 12.0 Å². The van der Waals surface area contributed by atoms with E-state index in [2.05, 4.69) is 4.98 Å². The maximum Gasteiger partial charge on any atom is 0.311 e. The van der Waals surface area contributed by atoms with Crippen molar-refractivity contribution in [2.24, 2.45) is 0 Å². The average Bonchev–Trinajstić information content (AvgIpc) is 3.05. The minimum Gasteiger partial charge on any atom is -0.441 e. The number of ether oxygens (including phenoxy) is 1. The molecule has 0 radical (unpaired) electrons. The van der Waals surface area contributed by atoms with Gasteiger partial charge in [-0.2, -0.15) is 0 Å². The zero-order valence-corrected chi connectivity index (χ0v) is 13.8. The molecule has 4 heteroatoms. The Kier molecular flexibility index (Phi) is 4.75. The van der Waals surface area contributed by atoms with Gasteiger partial charge in [-0.1, -0.05) is 48.0 Å². The normalized spacial score (nSPS) is 10.6. The fourth-order valence-electron chi connectivity index (χ4n) is 2.46. The second kappa shape index (κ2) is 7.13. The zero-order valence-electron chi connectivity index (χ0n) is 13.8. The summed E-state index contributed by atoms with van der Waals surface area (Å²) in [6.07, 6.45) is 2.32. The standard InChI is InChI=1S/C20H19NO3/c1-14-8-9-17(15(2)12-14)24-20(22)11-10-19-21-13-18(23-19)16-6-4-3-5-7-16/h3-9,12-13H,10-11H2,1-2H3. The first-order chi connectivity index (χ1) is 11.6. The van der Waals surface area contributed by atoms with Gasteiger partial charge in [0.25, 0.3) is 0 Å². The molecule has 4 nitrogen and oxygen atoms in total. The van der Waals surface area contributed by atoms with Crippen LogP contribution in [0.25, 0.3) is 11.3 Å². The van der Waals surface area contributed by atoms with Crippen LogP contribution in [0.2, 0.25) is 0 Å². The van der Waals surface area contributed by atoms with E-state index in [4.69, 9.17) is 9.15 Å². The van der Waals surface area contributed by atoms with Gasteiger partial charge >= 0.3 is 5.97 Å². The Morgan fingerprint density at radius 3 is 2.67 bits per heavy atom. The molecule has 1 aromatic heterocycles. The molecule has 0 atom stereocenters. The second-order valence-electron chi connectivity index (χ2n) is 5.73. The van der Waals surface area contributed by atoms with Crippen LogP contribution >= 0.6 is 0 Å². The predicted molar refractivity (Wildman–Crippen MR) is 91.8 cm³/mol. The van der Waals surface area contributed by atoms with E-state index in [0.29, 0.717) is 23.8 Å². The summed E-state index contributed by atoms with van der Waals surface area (Å²) in [6.45, 7) is 3.93. The van der Waals surface area contributed by atoms with Crippen molar-refractivity contribution in [3.8, 4) is 17.1 Å². The van der Waals surface area contributed by atoms with E-state index < -0.39 is 0 Å². The van der Waals surface area contributed by atoms with Crippen LogP contribution in [0.1, 0.15) is 23.4 Å². The highest BCUT2D eigenvalue weighted by molar-refractivity contribution is 5.73. The minimum atomic E-state index is -0.290. The summed E-state index contributed by atoms with van der Waals surface area (Å²) in [7, 11) is 0. The first kappa shape index (κ1) is 16.0. The zero-order chi connectivity index (χ0) is 16.9. The molecule has 0 aliphatic heterocycles. The van der Waals surface area contributed by atoms with Gasteiger partial charge in [-0.05, 0) is 25.5 Å². The number of hydrogen-bond acceptors (Lipinski definition) is 4. The monoisotopic (exact) mass is 321 g/mol. The van der Waals surface area contributed by atoms with E-state index in [1.807, 2.05) is 62.4 Å². The molecule has 122 valence electrons. The van der Waals surface area contributed by atoms with Gasteiger partial charge in [-0.15, -0.1) is 0 Å². The number of carbonyl (C=O) groups is 1. The summed E-state index contributed by atoms with van der Waals surface area (Å²) in [6, 6.07) is 15.5. The quantitative estimate of drug-likeness (QED) is 0.513. The molecule has 3 rings (SSSR count). The smallest absolute Gasteiger partial charge is 0.311 e. The molecular formula is C20H19NO3. The van der Waals surface area contributed by atoms with Gasteiger partial charge in [-0.25, -0.2) is 4.98 Å². The Hall–Kier alpha value is -2.88. The lowest BCUT2D eigenvalue weighted by Gasteiger charge is -2.07. The van der Waals surface area contributed by atoms with E-state index in [9.17, 15) is 4.79 Å². The van der Waals surface area contributed by atoms with Crippen molar-refractivity contribution >= 4 is 5.97 Å². The molecule has 0 aliphatic rings. The van der Waals surface area contributed by atoms with Crippen molar-refractivity contribution in [1.29, 1.82) is 0 Å². The first-order valence-corrected chi connectivity index (χ1v) is 7.90. The fourth-order valence-corrected chi connectivity index (χ4v) is 2.46. The molecule has 0 unspecified atom stereocenters. The number of nitrogens with zero attached hydrogens (tertiary/aromatic N) is 1. The SMILES string of the molecule is Cc1ccc(OC(=O)CCc2ncc(-c3ccccc3)o2)c(C)c1. The molecule has 0 N–H and O–H groups in total. The molecule has 2 aromatic carbocycles. The third-order valence-electron chi connectivity index (χ3n) is 3.71. The summed E-state index contributed by atoms with van der Waals surface area (Å²) in [5, 5.41) is 0. The molecule has 0 aliphatic carbocycles. The summed E-state index contributed by atoms with van der Waals surface area (Å²) < 4.78 is 11.1. The lowest BCUT2D eigenvalue weighted by atomic mass is 10.1. The molecule has 1 heterocycles. The highest BCUT2D eigenvalue weighted by Crippen LogP contribution is 2.21. The molecule has 0 saturated heterocycles. The van der Waals surface area contributed by atoms with Crippen molar-refractivity contribution in [1.82, 2.24) is 4.98 Å². The molecule has 0 amide bonds. The number of hydrogen-bond donors (Lipinski definition) is 0. The molecule has 0 saturated carbocycles. The molecule has 24 heavy (non-hydrogen) atoms. The molecule has 0 bridgehead atoms. The largest absolute Gasteiger partial charge is 0.441 e. The Morgan fingerprint density at radius 1 is 1.12 bits per heavy atom. The van der Waals surface area contributed by atoms with E-state index >= 15 is 0 Å². The van der Waals surface area contributed by atoms with Crippen molar-refractivity contribution in [2.75, 3.05) is 0 Å². The summed E-state index contributed by atoms with van der Waals surface area (Å²) in [5.74, 6) is 1.55. The van der Waals surface area contributed by atoms with Crippen molar-refractivity contribution in [3.63, 3.8) is 0 Å². The van der Waals surface area contributed by atoms with E-state index in [1.54, 1.807) is 6.20 Å². The Balaban J connectivity index is 1.58. The fraction of sp³-hybridized carbons (Fsp3) is 0.200. The summed E-state index contributed by atoms with van der Waals surface area (Å²) >= 11 is 0. The van der Waals surface area contributed by atoms with Gasteiger partial charge in [0.2, 0.25) is 0 Å². The van der Waals surface area contributed by atoms with Gasteiger partial charge in [0.1, 0.15) is 5.75 Å². The van der Waals surface area contributed by atoms with Crippen LogP contribution in [0.4, 0.5) is 0 Å². The topological polar surface area (TPSA) is 52.3 Å². The minimum absolute atomic E-state index is 0.224. The van der Waals surface area contributed by atoms with Crippen LogP contribution in [0.3, 0.4) is 0 Å². The Morgan fingerprint density at radius 2 is 1.92 bits per heavy atom. The Bertz CT molecular complexity index is 837. The van der Waals surface area contributed by atoms with Gasteiger partial charge in [0.05, 0.1) is 12.6 Å². The number of esters is 1. The van der Waals surface area contributed by atoms with Crippen LogP contribution in [0, 0.1) is 13.8 Å². The van der Waals surface area contributed by atoms with Crippen LogP contribution in [-0.2, 0) is 11.2 Å². The predicted octanol–water partition coefficient (Wildman–Crippen LogP) is 4.50. The maximum atomic E-state index is 12.0. The average molecular weight is 321 g/mol. The summed E-state index contributed by atoms with van der Waals surface area (Å²) in [4.78, 5) is 16.2. The van der Waals surface area contributed by atoms with E-state index in [-0.39, 0.29) is 12.4 Å². The van der Waals surface area contributed by atoms with E-state index in [1.165, 1.54) is 0 Å². The first-order valence-electron chi connectivity index (χ1n) is 7.90. The number of aromatic nitrogens is 1. The van der Waals surface area contributed by atoms with Crippen LogP contribution < -0.4 is 4.74 Å². The number of rotatable bonds is 5. The second-order valence-corrected chi connectivity index (χ2v) is 5.73. The number of carbonyl (C=O) groups excluding carboxylic acids is 1. The van der Waals surface area contributed by atoms with Crippen molar-refractivity contribution in [2.45, 2.75) is 26.7 Å². The van der Waals surface area contributed by atoms with Crippen LogP contribution in [0.15, 0.2) is 59.1 Å². The third-order valence-corrected chi connectivity index (χ3v) is 3.71. The Labute approximate surface area is 141 Å². The van der Waals surface area contributed by atoms with Crippen molar-refractivity contribution in [3.05, 3.63) is 71.7 Å². The van der Waals surface area contributed by atoms with Gasteiger partial charge in [0.15, 0.2) is 11.7 Å². The van der Waals surface area contributed by atoms with Crippen LogP contribution in [-0.4, -0.2) is 11.0 Å². The van der Waals surface area contributed by atoms with Crippen LogP contribution in [0.5, 0.6) is 5.75 Å². The highest BCUT2D eigenvalue weighted by atomic mass is 16.5. The van der Waals surface area contributed by atoms with E-state index in [0.717, 1.165) is 16.7 Å². The van der Waals surface area contributed by atoms with Gasteiger partial charge < -0.3 is 9.15 Å². The molecular weight excluding hydrogens is 302 g/mol. The van der Waals surface area contributed by atoms with Crippen molar-refractivity contribution < 1.29 is 13.9 Å². The summed E-state index contributed by atoms with van der Waals surface area (Å²) in [5.41, 5.74) is 3.06. The third kappa shape index (κ3) is 3.90. The maximum absolute atomic E-state index is 12.0. The highest BCUT2D eigenvalue weighted by Gasteiger charge is 2.11. The molecule has 0 spiro atoms. The molecule has 0 fully saturated rings. The number of oxazole rings is 1. The molecule has 3 aromatic rings. The number of aryl methyl sites for hydroxylation is 3. The van der Waals surface area contributed by atoms with Gasteiger partial charge in [-0.3, -0.25) is 4.79 Å². The lowest BCUT2D eigenvalue weighted by Crippen LogP contribution is -2.10.